The molecular formula is C22H24F2N6O2. The molecule has 2 aliphatic heterocycles. The van der Waals surface area contributed by atoms with Gasteiger partial charge in [0.1, 0.15) is 5.82 Å². The summed E-state index contributed by atoms with van der Waals surface area (Å²) in [5.74, 6) is 1.64. The molecule has 32 heavy (non-hydrogen) atoms. The lowest BCUT2D eigenvalue weighted by molar-refractivity contribution is 0.115. The Labute approximate surface area is 183 Å². The number of carbonyl (C=O) groups excluding carboxylic acids is 1. The van der Waals surface area contributed by atoms with Gasteiger partial charge in [-0.3, -0.25) is 10.3 Å². The number of carbonyl (C=O) groups is 1. The summed E-state index contributed by atoms with van der Waals surface area (Å²) in [7, 11) is 0. The van der Waals surface area contributed by atoms with Gasteiger partial charge in [0.25, 0.3) is 6.43 Å². The number of hydrogen-bond donors (Lipinski definition) is 2. The highest BCUT2D eigenvalue weighted by molar-refractivity contribution is 5.92. The molecule has 2 amide bonds. The number of nitrogens with zero attached hydrogens (tertiary/aromatic N) is 4. The van der Waals surface area contributed by atoms with Gasteiger partial charge >= 0.3 is 6.03 Å². The van der Waals surface area contributed by atoms with Gasteiger partial charge in [-0.25, -0.2) is 23.5 Å². The molecule has 3 aromatic heterocycles. The van der Waals surface area contributed by atoms with Crippen molar-refractivity contribution in [1.82, 2.24) is 25.2 Å². The summed E-state index contributed by atoms with van der Waals surface area (Å²) in [6.07, 6.45) is 5.76. The molecule has 5 rings (SSSR count). The van der Waals surface area contributed by atoms with Crippen LogP contribution in [0.3, 0.4) is 0 Å². The van der Waals surface area contributed by atoms with Crippen molar-refractivity contribution in [3.05, 3.63) is 36.6 Å². The van der Waals surface area contributed by atoms with E-state index in [4.69, 9.17) is 4.42 Å². The van der Waals surface area contributed by atoms with E-state index in [1.165, 1.54) is 0 Å². The Hall–Kier alpha value is -3.14. The van der Waals surface area contributed by atoms with Crippen LogP contribution < -0.4 is 10.6 Å². The highest BCUT2D eigenvalue weighted by Gasteiger charge is 2.43. The number of alkyl halides is 2. The zero-order chi connectivity index (χ0) is 22.2. The molecule has 2 N–H and O–H groups in total. The number of oxazole rings is 1. The number of halogens is 2. The van der Waals surface area contributed by atoms with Crippen molar-refractivity contribution in [2.45, 2.75) is 57.2 Å². The Balaban J connectivity index is 1.29. The minimum atomic E-state index is -2.36. The highest BCUT2D eigenvalue weighted by Crippen LogP contribution is 2.36. The molecule has 10 heteroatoms. The van der Waals surface area contributed by atoms with Gasteiger partial charge in [-0.1, -0.05) is 0 Å². The first-order valence-electron chi connectivity index (χ1n) is 10.8. The minimum Gasteiger partial charge on any atom is -0.441 e. The molecule has 5 heterocycles. The monoisotopic (exact) mass is 442 g/mol. The number of fused-ring (bicyclic) bond motifs is 3. The van der Waals surface area contributed by atoms with E-state index in [9.17, 15) is 13.6 Å². The standard InChI is InChI=1S/C22H24F2N6O2/c1-12-25-10-19(32-12)14-4-13-5-21(28-9-18(13)27-8-14)29-22(31)30-16-2-3-17(30)7-15(6-16)26-11-20(23)24/h4-5,8-10,15-17,20,26H,2-3,6-7,11H2,1H3,(H,28,29,31)/t15?,16-,17+. The molecule has 2 bridgehead atoms. The molecule has 168 valence electrons. The maximum atomic E-state index is 13.0. The molecule has 0 radical (unpaired) electrons. The quantitative estimate of drug-likeness (QED) is 0.621. The number of urea groups is 1. The molecule has 8 nitrogen and oxygen atoms in total. The number of hydrogen-bond acceptors (Lipinski definition) is 6. The van der Waals surface area contributed by atoms with Crippen LogP contribution in [0, 0.1) is 6.92 Å². The summed E-state index contributed by atoms with van der Waals surface area (Å²) in [5.41, 5.74) is 1.49. The molecular weight excluding hydrogens is 418 g/mol. The van der Waals surface area contributed by atoms with Gasteiger partial charge < -0.3 is 14.6 Å². The fraction of sp³-hybridized carbons (Fsp3) is 0.455. The number of rotatable bonds is 5. The zero-order valence-corrected chi connectivity index (χ0v) is 17.6. The molecule has 2 saturated heterocycles. The maximum absolute atomic E-state index is 13.0. The molecule has 3 aromatic rings. The Bertz CT molecular complexity index is 1120. The number of piperidine rings is 1. The molecule has 2 aliphatic rings. The van der Waals surface area contributed by atoms with Gasteiger partial charge in [0.15, 0.2) is 11.7 Å². The SMILES string of the molecule is Cc1ncc(-c2cnc3cnc(NC(=O)N4[C@@H]5CC[C@H]4CC(NCC(F)F)C5)cc3c2)o1. The van der Waals surface area contributed by atoms with Crippen molar-refractivity contribution < 1.29 is 18.0 Å². The third-order valence-corrected chi connectivity index (χ3v) is 6.24. The predicted octanol–water partition coefficient (Wildman–Crippen LogP) is 3.98. The van der Waals surface area contributed by atoms with Crippen molar-refractivity contribution in [2.24, 2.45) is 0 Å². The lowest BCUT2D eigenvalue weighted by atomic mass is 9.97. The van der Waals surface area contributed by atoms with Crippen LogP contribution >= 0.6 is 0 Å². The fourth-order valence-electron chi connectivity index (χ4n) is 4.83. The van der Waals surface area contributed by atoms with E-state index in [1.54, 1.807) is 31.6 Å². The van der Waals surface area contributed by atoms with Gasteiger partial charge in [0, 0.05) is 42.2 Å². The number of amides is 2. The lowest BCUT2D eigenvalue weighted by Gasteiger charge is -2.39. The smallest absolute Gasteiger partial charge is 0.323 e. The summed E-state index contributed by atoms with van der Waals surface area (Å²) in [6, 6.07) is 3.62. The molecule has 0 spiro atoms. The van der Waals surface area contributed by atoms with E-state index in [0.29, 0.717) is 35.8 Å². The van der Waals surface area contributed by atoms with Crippen molar-refractivity contribution >= 4 is 22.8 Å². The summed E-state index contributed by atoms with van der Waals surface area (Å²) in [6.45, 7) is 1.47. The van der Waals surface area contributed by atoms with E-state index in [0.717, 1.165) is 23.8 Å². The van der Waals surface area contributed by atoms with Crippen molar-refractivity contribution in [2.75, 3.05) is 11.9 Å². The third-order valence-electron chi connectivity index (χ3n) is 6.24. The van der Waals surface area contributed by atoms with Crippen LogP contribution in [0.2, 0.25) is 0 Å². The van der Waals surface area contributed by atoms with E-state index >= 15 is 0 Å². The predicted molar refractivity (Wildman–Crippen MR) is 114 cm³/mol. The van der Waals surface area contributed by atoms with Crippen molar-refractivity contribution in [3.63, 3.8) is 0 Å². The number of aryl methyl sites for hydroxylation is 1. The topological polar surface area (TPSA) is 96.2 Å². The Morgan fingerprint density at radius 1 is 1.16 bits per heavy atom. The molecule has 2 fully saturated rings. The minimum absolute atomic E-state index is 0.0218. The lowest BCUT2D eigenvalue weighted by Crippen LogP contribution is -2.53. The first-order chi connectivity index (χ1) is 15.5. The molecule has 0 aromatic carbocycles. The number of pyridine rings is 2. The summed E-state index contributed by atoms with van der Waals surface area (Å²) < 4.78 is 30.6. The maximum Gasteiger partial charge on any atom is 0.323 e. The van der Waals surface area contributed by atoms with Gasteiger partial charge in [-0.15, -0.1) is 0 Å². The Morgan fingerprint density at radius 2 is 1.94 bits per heavy atom. The first kappa shape index (κ1) is 20.7. The number of anilines is 1. The van der Waals surface area contributed by atoms with Gasteiger partial charge in [0.05, 0.1) is 24.5 Å². The van der Waals surface area contributed by atoms with E-state index < -0.39 is 6.43 Å². The molecule has 3 atom stereocenters. The largest absolute Gasteiger partial charge is 0.441 e. The van der Waals surface area contributed by atoms with Crippen molar-refractivity contribution in [1.29, 1.82) is 0 Å². The highest BCUT2D eigenvalue weighted by atomic mass is 19.3. The molecule has 1 unspecified atom stereocenters. The molecule has 0 aliphatic carbocycles. The third kappa shape index (κ3) is 4.14. The zero-order valence-electron chi connectivity index (χ0n) is 17.6. The van der Waals surface area contributed by atoms with Crippen LogP contribution in [0.25, 0.3) is 22.2 Å². The van der Waals surface area contributed by atoms with Crippen LogP contribution in [-0.2, 0) is 0 Å². The molecule has 0 saturated carbocycles. The summed E-state index contributed by atoms with van der Waals surface area (Å²) in [4.78, 5) is 27.7. The number of nitrogens with one attached hydrogen (secondary N) is 2. The second-order valence-corrected chi connectivity index (χ2v) is 8.42. The van der Waals surface area contributed by atoms with Gasteiger partial charge in [-0.05, 0) is 37.8 Å². The second kappa shape index (κ2) is 8.42. The van der Waals surface area contributed by atoms with Crippen molar-refractivity contribution in [3.8, 4) is 11.3 Å². The summed E-state index contributed by atoms with van der Waals surface area (Å²) in [5, 5.41) is 6.66. The van der Waals surface area contributed by atoms with Crippen LogP contribution in [0.1, 0.15) is 31.6 Å². The summed E-state index contributed by atoms with van der Waals surface area (Å²) >= 11 is 0. The first-order valence-corrected chi connectivity index (χ1v) is 10.8. The average molecular weight is 442 g/mol. The normalized spacial score (nSPS) is 22.6. The number of aromatic nitrogens is 3. The second-order valence-electron chi connectivity index (χ2n) is 8.42. The average Bonchev–Trinajstić information content (AvgIpc) is 3.32. The van der Waals surface area contributed by atoms with E-state index in [-0.39, 0.29) is 30.7 Å². The fourth-order valence-corrected chi connectivity index (χ4v) is 4.83. The van der Waals surface area contributed by atoms with Gasteiger partial charge in [-0.2, -0.15) is 0 Å². The van der Waals surface area contributed by atoms with Crippen LogP contribution in [-0.4, -0.2) is 57.0 Å². The van der Waals surface area contributed by atoms with Crippen LogP contribution in [0.15, 0.2) is 35.1 Å². The Kier molecular flexibility index (Phi) is 5.46. The van der Waals surface area contributed by atoms with E-state index in [2.05, 4.69) is 25.6 Å². The van der Waals surface area contributed by atoms with Crippen LogP contribution in [0.5, 0.6) is 0 Å². The van der Waals surface area contributed by atoms with Crippen LogP contribution in [0.4, 0.5) is 19.4 Å². The van der Waals surface area contributed by atoms with E-state index in [1.807, 2.05) is 11.0 Å². The Morgan fingerprint density at radius 3 is 2.62 bits per heavy atom. The van der Waals surface area contributed by atoms with Gasteiger partial charge in [0.2, 0.25) is 0 Å².